The van der Waals surface area contributed by atoms with Crippen molar-refractivity contribution in [2.75, 3.05) is 0 Å². The topological polar surface area (TPSA) is 64.0 Å². The van der Waals surface area contributed by atoms with Gasteiger partial charge in [-0.1, -0.05) is 12.8 Å². The van der Waals surface area contributed by atoms with Crippen molar-refractivity contribution >= 4 is 10.0 Å². The van der Waals surface area contributed by atoms with Gasteiger partial charge in [0.15, 0.2) is 0 Å². The summed E-state index contributed by atoms with van der Waals surface area (Å²) in [6.45, 7) is 0.376. The van der Waals surface area contributed by atoms with E-state index < -0.39 is 10.0 Å². The fourth-order valence-corrected chi connectivity index (χ4v) is 5.29. The molecule has 0 aliphatic heterocycles. The Morgan fingerprint density at radius 2 is 1.77 bits per heavy atom. The van der Waals surface area contributed by atoms with Gasteiger partial charge in [0.25, 0.3) is 0 Å². The molecule has 0 atom stereocenters. The highest BCUT2D eigenvalue weighted by molar-refractivity contribution is 7.90. The Balaban J connectivity index is 1.58. The zero-order valence-corrected chi connectivity index (χ0v) is 13.9. The van der Waals surface area contributed by atoms with E-state index in [0.717, 1.165) is 31.4 Å². The number of hydrogen-bond acceptors (Lipinski definition) is 3. The Kier molecular flexibility index (Phi) is 3.77. The summed E-state index contributed by atoms with van der Waals surface area (Å²) >= 11 is 0. The van der Waals surface area contributed by atoms with E-state index in [4.69, 9.17) is 5.10 Å². The van der Waals surface area contributed by atoms with E-state index in [-0.39, 0.29) is 5.25 Å². The monoisotopic (exact) mass is 323 g/mol. The van der Waals surface area contributed by atoms with Gasteiger partial charge in [-0.2, -0.15) is 5.10 Å². The van der Waals surface area contributed by atoms with Gasteiger partial charge in [0.05, 0.1) is 23.5 Å². The number of fused-ring (bicyclic) bond motifs is 1. The fourth-order valence-electron chi connectivity index (χ4n) is 3.96. The molecule has 5 nitrogen and oxygen atoms in total. The quantitative estimate of drug-likeness (QED) is 0.905. The lowest BCUT2D eigenvalue weighted by Gasteiger charge is -2.18. The van der Waals surface area contributed by atoms with Crippen molar-refractivity contribution in [3.63, 3.8) is 0 Å². The predicted octanol–water partition coefficient (Wildman–Crippen LogP) is 2.46. The zero-order chi connectivity index (χ0) is 15.2. The molecule has 1 heterocycles. The predicted molar refractivity (Wildman–Crippen MR) is 85.2 cm³/mol. The van der Waals surface area contributed by atoms with E-state index >= 15 is 0 Å². The molecule has 1 aromatic heterocycles. The minimum atomic E-state index is -3.12. The van der Waals surface area contributed by atoms with Crippen LogP contribution >= 0.6 is 0 Å². The minimum Gasteiger partial charge on any atom is -0.266 e. The first-order valence-electron chi connectivity index (χ1n) is 8.73. The molecule has 3 aliphatic carbocycles. The van der Waals surface area contributed by atoms with Crippen molar-refractivity contribution in [1.82, 2.24) is 14.5 Å². The summed E-state index contributed by atoms with van der Waals surface area (Å²) in [4.78, 5) is 0. The molecule has 4 rings (SSSR count). The maximum Gasteiger partial charge on any atom is 0.214 e. The van der Waals surface area contributed by atoms with Gasteiger partial charge in [-0.05, 0) is 56.9 Å². The molecular formula is C16H25N3O2S. The average Bonchev–Trinajstić information content (AvgIpc) is 3.13. The molecule has 0 aromatic carbocycles. The summed E-state index contributed by atoms with van der Waals surface area (Å²) in [6, 6.07) is 0.542. The van der Waals surface area contributed by atoms with Gasteiger partial charge in [-0.25, -0.2) is 13.1 Å². The van der Waals surface area contributed by atoms with E-state index in [1.807, 2.05) is 0 Å². The zero-order valence-electron chi connectivity index (χ0n) is 13.1. The van der Waals surface area contributed by atoms with Crippen LogP contribution in [0.15, 0.2) is 0 Å². The molecular weight excluding hydrogens is 298 g/mol. The standard InChI is InChI=1S/C16H25N3O2S/c20-22(21,13-9-10-13)17-11-15-14-7-3-4-8-16(14)19(18-15)12-5-1-2-6-12/h12-13,17H,1-11H2. The smallest absolute Gasteiger partial charge is 0.214 e. The molecule has 0 bridgehead atoms. The third kappa shape index (κ3) is 2.71. The average molecular weight is 323 g/mol. The first kappa shape index (κ1) is 14.7. The molecule has 22 heavy (non-hydrogen) atoms. The van der Waals surface area contributed by atoms with Gasteiger partial charge in [-0.15, -0.1) is 0 Å². The SMILES string of the molecule is O=S(=O)(NCc1nn(C2CCCC2)c2c1CCCC2)C1CC1. The third-order valence-electron chi connectivity index (χ3n) is 5.37. The van der Waals surface area contributed by atoms with Crippen LogP contribution in [-0.4, -0.2) is 23.4 Å². The van der Waals surface area contributed by atoms with Gasteiger partial charge in [0.2, 0.25) is 10.0 Å². The molecule has 122 valence electrons. The number of rotatable bonds is 5. The van der Waals surface area contributed by atoms with Gasteiger partial charge < -0.3 is 0 Å². The van der Waals surface area contributed by atoms with Crippen molar-refractivity contribution in [1.29, 1.82) is 0 Å². The summed E-state index contributed by atoms with van der Waals surface area (Å²) in [5.41, 5.74) is 3.70. The number of sulfonamides is 1. The van der Waals surface area contributed by atoms with Crippen LogP contribution in [0.5, 0.6) is 0 Å². The van der Waals surface area contributed by atoms with E-state index in [1.54, 1.807) is 0 Å². The highest BCUT2D eigenvalue weighted by atomic mass is 32.2. The van der Waals surface area contributed by atoms with Gasteiger partial charge in [0, 0.05) is 5.69 Å². The van der Waals surface area contributed by atoms with Gasteiger partial charge in [-0.3, -0.25) is 4.68 Å². The minimum absolute atomic E-state index is 0.153. The van der Waals surface area contributed by atoms with Crippen molar-refractivity contribution in [2.45, 2.75) is 82.0 Å². The Hall–Kier alpha value is -0.880. The molecule has 0 spiro atoms. The van der Waals surface area contributed by atoms with Gasteiger partial charge in [0.1, 0.15) is 0 Å². The Morgan fingerprint density at radius 1 is 1.05 bits per heavy atom. The summed E-state index contributed by atoms with van der Waals surface area (Å²) < 4.78 is 29.1. The Labute approximate surface area is 132 Å². The van der Waals surface area contributed by atoms with Crippen LogP contribution in [0.4, 0.5) is 0 Å². The first-order chi connectivity index (χ1) is 10.6. The Bertz CT molecular complexity index is 655. The molecule has 0 unspecified atom stereocenters. The lowest BCUT2D eigenvalue weighted by molar-refractivity contribution is 0.439. The lowest BCUT2D eigenvalue weighted by Crippen LogP contribution is -2.27. The van der Waals surface area contributed by atoms with E-state index in [2.05, 4.69) is 9.40 Å². The van der Waals surface area contributed by atoms with E-state index in [0.29, 0.717) is 12.6 Å². The van der Waals surface area contributed by atoms with Crippen molar-refractivity contribution in [2.24, 2.45) is 0 Å². The molecule has 2 fully saturated rings. The lowest BCUT2D eigenvalue weighted by atomic mass is 9.95. The van der Waals surface area contributed by atoms with E-state index in [9.17, 15) is 8.42 Å². The normalized spacial score (nSPS) is 22.9. The number of nitrogens with zero attached hydrogens (tertiary/aromatic N) is 2. The number of aromatic nitrogens is 2. The highest BCUT2D eigenvalue weighted by Gasteiger charge is 2.36. The molecule has 1 aromatic rings. The van der Waals surface area contributed by atoms with Crippen LogP contribution in [0.25, 0.3) is 0 Å². The molecule has 0 radical (unpaired) electrons. The third-order valence-corrected chi connectivity index (χ3v) is 7.26. The maximum atomic E-state index is 12.1. The maximum absolute atomic E-state index is 12.1. The molecule has 6 heteroatoms. The van der Waals surface area contributed by atoms with Gasteiger partial charge >= 0.3 is 0 Å². The fraction of sp³-hybridized carbons (Fsp3) is 0.812. The number of nitrogens with one attached hydrogen (secondary N) is 1. The largest absolute Gasteiger partial charge is 0.266 e. The van der Waals surface area contributed by atoms with Crippen molar-refractivity contribution < 1.29 is 8.42 Å². The van der Waals surface area contributed by atoms with Crippen LogP contribution < -0.4 is 4.72 Å². The second kappa shape index (κ2) is 5.64. The summed E-state index contributed by atoms with van der Waals surface area (Å²) in [5, 5.41) is 4.69. The second-order valence-corrected chi connectivity index (χ2v) is 9.07. The van der Waals surface area contributed by atoms with Crippen molar-refractivity contribution in [3.8, 4) is 0 Å². The van der Waals surface area contributed by atoms with Crippen molar-refractivity contribution in [3.05, 3.63) is 17.0 Å². The van der Waals surface area contributed by atoms with Crippen LogP contribution in [0.1, 0.15) is 74.4 Å². The highest BCUT2D eigenvalue weighted by Crippen LogP contribution is 2.34. The summed E-state index contributed by atoms with van der Waals surface area (Å²) in [6.07, 6.45) is 11.3. The van der Waals surface area contributed by atoms with E-state index in [1.165, 1.54) is 49.8 Å². The molecule has 0 amide bonds. The molecule has 3 aliphatic rings. The molecule has 1 N–H and O–H groups in total. The van der Waals surface area contributed by atoms with Crippen LogP contribution in [0.2, 0.25) is 0 Å². The van der Waals surface area contributed by atoms with Crippen LogP contribution in [-0.2, 0) is 29.4 Å². The summed E-state index contributed by atoms with van der Waals surface area (Å²) in [5.74, 6) is 0. The van der Waals surface area contributed by atoms with Crippen LogP contribution in [0, 0.1) is 0 Å². The second-order valence-electron chi connectivity index (χ2n) is 7.03. The summed E-state index contributed by atoms with van der Waals surface area (Å²) in [7, 11) is -3.12. The number of hydrogen-bond donors (Lipinski definition) is 1. The molecule has 0 saturated heterocycles. The first-order valence-corrected chi connectivity index (χ1v) is 10.3. The Morgan fingerprint density at radius 3 is 2.50 bits per heavy atom. The van der Waals surface area contributed by atoms with Crippen LogP contribution in [0.3, 0.4) is 0 Å². The molecule has 2 saturated carbocycles.